The predicted molar refractivity (Wildman–Crippen MR) is 66.9 cm³/mol. The van der Waals surface area contributed by atoms with Gasteiger partial charge in [0.1, 0.15) is 5.41 Å². The van der Waals surface area contributed by atoms with Crippen LogP contribution in [0.15, 0.2) is 5.16 Å². The summed E-state index contributed by atoms with van der Waals surface area (Å²) < 4.78 is 26.7. The van der Waals surface area contributed by atoms with Crippen molar-refractivity contribution in [2.45, 2.75) is 12.8 Å². The molecular formula is C9H18N4O5S. The smallest absolute Gasteiger partial charge is 0.234 e. The van der Waals surface area contributed by atoms with Crippen molar-refractivity contribution in [3.63, 3.8) is 0 Å². The highest BCUT2D eigenvalue weighted by molar-refractivity contribution is 7.89. The molecule has 0 spiro atoms. The highest BCUT2D eigenvalue weighted by atomic mass is 32.2. The molecule has 1 rings (SSSR count). The summed E-state index contributed by atoms with van der Waals surface area (Å²) in [5, 5.41) is 19.0. The van der Waals surface area contributed by atoms with Gasteiger partial charge in [-0.2, -0.15) is 0 Å². The van der Waals surface area contributed by atoms with Crippen molar-refractivity contribution in [1.82, 2.24) is 5.32 Å². The first kappa shape index (κ1) is 15.7. The zero-order valence-electron chi connectivity index (χ0n) is 10.3. The summed E-state index contributed by atoms with van der Waals surface area (Å²) >= 11 is 0. The number of nitrogens with one attached hydrogen (secondary N) is 1. The minimum Gasteiger partial charge on any atom is -0.409 e. The number of hydrogen-bond acceptors (Lipinski definition) is 6. The van der Waals surface area contributed by atoms with E-state index in [-0.39, 0.29) is 31.0 Å². The Morgan fingerprint density at radius 2 is 2.00 bits per heavy atom. The van der Waals surface area contributed by atoms with Crippen LogP contribution in [0.25, 0.3) is 0 Å². The molecule has 1 saturated heterocycles. The summed E-state index contributed by atoms with van der Waals surface area (Å²) in [7, 11) is -3.65. The molecule has 0 radical (unpaired) electrons. The molecule has 1 fully saturated rings. The van der Waals surface area contributed by atoms with Gasteiger partial charge in [0.15, 0.2) is 5.84 Å². The lowest BCUT2D eigenvalue weighted by atomic mass is 9.78. The van der Waals surface area contributed by atoms with Gasteiger partial charge in [0.05, 0.1) is 5.75 Å². The standard InChI is InChI=1S/C9H18N4O5S/c10-7(13-15)9(1-4-18-5-2-9)8(14)12-3-6-19(11,16)17/h15H,1-6H2,(H2,10,13)(H,12,14)(H2,11,16,17). The lowest BCUT2D eigenvalue weighted by Crippen LogP contribution is -2.53. The maximum atomic E-state index is 12.1. The van der Waals surface area contributed by atoms with Crippen LogP contribution in [0.5, 0.6) is 0 Å². The van der Waals surface area contributed by atoms with Gasteiger partial charge in [-0.05, 0) is 12.8 Å². The molecule has 6 N–H and O–H groups in total. The first-order valence-corrected chi connectivity index (χ1v) is 7.38. The van der Waals surface area contributed by atoms with Crippen LogP contribution in [0.3, 0.4) is 0 Å². The Hall–Kier alpha value is -1.39. The van der Waals surface area contributed by atoms with Crippen molar-refractivity contribution in [1.29, 1.82) is 0 Å². The van der Waals surface area contributed by atoms with Crippen molar-refractivity contribution in [2.75, 3.05) is 25.5 Å². The van der Waals surface area contributed by atoms with Crippen LogP contribution in [0, 0.1) is 5.41 Å². The fourth-order valence-corrected chi connectivity index (χ4v) is 2.28. The first-order chi connectivity index (χ1) is 8.82. The number of nitrogens with zero attached hydrogens (tertiary/aromatic N) is 1. The quantitative estimate of drug-likeness (QED) is 0.197. The summed E-state index contributed by atoms with van der Waals surface area (Å²) in [4.78, 5) is 12.1. The first-order valence-electron chi connectivity index (χ1n) is 5.66. The zero-order valence-corrected chi connectivity index (χ0v) is 11.1. The number of hydrogen-bond donors (Lipinski definition) is 4. The van der Waals surface area contributed by atoms with Gasteiger partial charge in [0, 0.05) is 19.8 Å². The molecule has 0 aromatic rings. The Labute approximate surface area is 111 Å². The molecule has 0 saturated carbocycles. The van der Waals surface area contributed by atoms with Crippen molar-refractivity contribution in [3.8, 4) is 0 Å². The predicted octanol–water partition coefficient (Wildman–Crippen LogP) is -2.07. The second-order valence-corrected chi connectivity index (χ2v) is 6.04. The number of ether oxygens (including phenoxy) is 1. The molecule has 0 aromatic heterocycles. The van der Waals surface area contributed by atoms with Crippen LogP contribution in [0.4, 0.5) is 0 Å². The molecule has 0 unspecified atom stereocenters. The Bertz CT molecular complexity index is 455. The van der Waals surface area contributed by atoms with Crippen molar-refractivity contribution in [3.05, 3.63) is 0 Å². The SMILES string of the molecule is NC(=NO)C1(C(=O)NCCS(N)(=O)=O)CCOCC1. The van der Waals surface area contributed by atoms with Crippen molar-refractivity contribution < 1.29 is 23.2 Å². The van der Waals surface area contributed by atoms with Gasteiger partial charge >= 0.3 is 0 Å². The van der Waals surface area contributed by atoms with E-state index in [1.54, 1.807) is 0 Å². The van der Waals surface area contributed by atoms with Crippen LogP contribution in [-0.2, 0) is 19.6 Å². The fraction of sp³-hybridized carbons (Fsp3) is 0.778. The van der Waals surface area contributed by atoms with E-state index in [1.807, 2.05) is 0 Å². The van der Waals surface area contributed by atoms with E-state index in [9.17, 15) is 13.2 Å². The largest absolute Gasteiger partial charge is 0.409 e. The second-order valence-electron chi connectivity index (χ2n) is 4.30. The van der Waals surface area contributed by atoms with Crippen LogP contribution in [-0.4, -0.2) is 50.9 Å². The van der Waals surface area contributed by atoms with Gasteiger partial charge < -0.3 is 21.0 Å². The molecule has 19 heavy (non-hydrogen) atoms. The molecular weight excluding hydrogens is 276 g/mol. The Morgan fingerprint density at radius 1 is 1.42 bits per heavy atom. The van der Waals surface area contributed by atoms with Gasteiger partial charge in [-0.3, -0.25) is 4.79 Å². The summed E-state index contributed by atoms with van der Waals surface area (Å²) in [6, 6.07) is 0. The number of amidine groups is 1. The molecule has 0 aromatic carbocycles. The summed E-state index contributed by atoms with van der Waals surface area (Å²) in [6.07, 6.45) is 0.536. The Balaban J connectivity index is 2.73. The highest BCUT2D eigenvalue weighted by Crippen LogP contribution is 2.31. The van der Waals surface area contributed by atoms with E-state index >= 15 is 0 Å². The molecule has 1 aliphatic heterocycles. The fourth-order valence-electron chi connectivity index (χ4n) is 1.89. The number of amides is 1. The molecule has 0 bridgehead atoms. The number of primary sulfonamides is 1. The topological polar surface area (TPSA) is 157 Å². The average Bonchev–Trinajstić information content (AvgIpc) is 2.36. The molecule has 9 nitrogen and oxygen atoms in total. The third kappa shape index (κ3) is 4.04. The van der Waals surface area contributed by atoms with E-state index < -0.39 is 21.3 Å². The zero-order chi connectivity index (χ0) is 14.5. The maximum Gasteiger partial charge on any atom is 0.234 e. The van der Waals surface area contributed by atoms with Gasteiger partial charge in [-0.1, -0.05) is 5.16 Å². The monoisotopic (exact) mass is 294 g/mol. The van der Waals surface area contributed by atoms with E-state index in [0.717, 1.165) is 0 Å². The molecule has 110 valence electrons. The Kier molecular flexibility index (Phi) is 5.09. The minimum atomic E-state index is -3.65. The Morgan fingerprint density at radius 3 is 2.47 bits per heavy atom. The van der Waals surface area contributed by atoms with Gasteiger partial charge in [0.25, 0.3) is 0 Å². The van der Waals surface area contributed by atoms with Gasteiger partial charge in [0.2, 0.25) is 15.9 Å². The summed E-state index contributed by atoms with van der Waals surface area (Å²) in [5.74, 6) is -1.07. The van der Waals surface area contributed by atoms with Crippen LogP contribution in [0.2, 0.25) is 0 Å². The summed E-state index contributed by atoms with van der Waals surface area (Å²) in [5.41, 5.74) is 4.42. The van der Waals surface area contributed by atoms with Crippen molar-refractivity contribution in [2.24, 2.45) is 21.4 Å². The average molecular weight is 294 g/mol. The van der Waals surface area contributed by atoms with Gasteiger partial charge in [-0.25, -0.2) is 13.6 Å². The third-order valence-corrected chi connectivity index (χ3v) is 3.82. The number of carbonyl (C=O) groups is 1. The lowest BCUT2D eigenvalue weighted by Gasteiger charge is -2.34. The third-order valence-electron chi connectivity index (χ3n) is 3.05. The van der Waals surface area contributed by atoms with E-state index in [2.05, 4.69) is 10.5 Å². The van der Waals surface area contributed by atoms with Gasteiger partial charge in [-0.15, -0.1) is 0 Å². The number of oxime groups is 1. The number of rotatable bonds is 5. The highest BCUT2D eigenvalue weighted by Gasteiger charge is 2.44. The molecule has 1 aliphatic rings. The number of carbonyl (C=O) groups excluding carboxylic acids is 1. The minimum absolute atomic E-state index is 0.126. The molecule has 1 amide bonds. The molecule has 0 aliphatic carbocycles. The molecule has 10 heteroatoms. The van der Waals surface area contributed by atoms with E-state index in [1.165, 1.54) is 0 Å². The lowest BCUT2D eigenvalue weighted by molar-refractivity contribution is -0.131. The van der Waals surface area contributed by atoms with Crippen LogP contribution < -0.4 is 16.2 Å². The number of sulfonamides is 1. The van der Waals surface area contributed by atoms with Crippen LogP contribution >= 0.6 is 0 Å². The number of nitrogens with two attached hydrogens (primary N) is 2. The van der Waals surface area contributed by atoms with Crippen LogP contribution in [0.1, 0.15) is 12.8 Å². The molecule has 0 atom stereocenters. The second kappa shape index (κ2) is 6.17. The normalized spacial score (nSPS) is 19.9. The van der Waals surface area contributed by atoms with E-state index in [4.69, 9.17) is 20.8 Å². The van der Waals surface area contributed by atoms with Crippen molar-refractivity contribution >= 4 is 21.8 Å². The maximum absolute atomic E-state index is 12.1. The summed E-state index contributed by atoms with van der Waals surface area (Å²) in [6.45, 7) is 0.483. The molecule has 1 heterocycles. The van der Waals surface area contributed by atoms with E-state index in [0.29, 0.717) is 13.2 Å².